The lowest BCUT2D eigenvalue weighted by atomic mass is 9.92. The maximum Gasteiger partial charge on any atom is 0.184 e. The summed E-state index contributed by atoms with van der Waals surface area (Å²) >= 11 is 0. The summed E-state index contributed by atoms with van der Waals surface area (Å²) in [4.78, 5) is 71.7. The van der Waals surface area contributed by atoms with Crippen LogP contribution in [0.3, 0.4) is 0 Å². The molecule has 9 aromatic carbocycles. The molecule has 0 atom stereocenters. The molecule has 0 bridgehead atoms. The van der Waals surface area contributed by atoms with Crippen LogP contribution >= 0.6 is 21.8 Å². The fraction of sp³-hybridized carbons (Fsp3) is 0.314. The van der Waals surface area contributed by atoms with Crippen molar-refractivity contribution >= 4 is 104 Å². The van der Waals surface area contributed by atoms with E-state index in [-0.39, 0.29) is 34.7 Å². The molecule has 0 fully saturated rings. The van der Waals surface area contributed by atoms with E-state index < -0.39 is 21.8 Å². The molecule has 0 radical (unpaired) electrons. The van der Waals surface area contributed by atoms with Gasteiger partial charge < -0.3 is 0 Å². The highest BCUT2D eigenvalue weighted by molar-refractivity contribution is 7.96. The quantitative estimate of drug-likeness (QED) is 0.0215. The van der Waals surface area contributed by atoms with Gasteiger partial charge in [0, 0.05) is 33.4 Å². The van der Waals surface area contributed by atoms with Gasteiger partial charge >= 0.3 is 0 Å². The molecular weight excluding hydrogens is 1450 g/mol. The Balaban J connectivity index is 0.000000181. The van der Waals surface area contributed by atoms with Crippen LogP contribution in [-0.2, 0) is 28.8 Å². The Morgan fingerprint density at radius 3 is 0.746 bits per heavy atom. The molecule has 0 amide bonds. The number of allylic oxidation sites excluding steroid dienone is 12. The second-order valence-electron chi connectivity index (χ2n) is 31.0. The molecule has 588 valence electrons. The van der Waals surface area contributed by atoms with Gasteiger partial charge in [-0.2, -0.15) is 0 Å². The molecule has 9 heteroatoms. The number of ketones is 6. The van der Waals surface area contributed by atoms with E-state index in [2.05, 4.69) is 273 Å². The number of Topliss-reactive ketones (excluding diaryl/α,β-unsaturated/α-hetero) is 1. The standard InChI is InChI=1S/3C35H40O2P/c1-29-33(35(37)27-26-34(29)36)25-17-6-4-2-3-5-7-18-28-38(30-19-11-8-12-20-30,31-21-13-9-14-22-31)32-23-15-10-16-24-32;1-29-27-31(36)28-30(35(29)37)19-11-6-4-2-3-5-7-18-26-38(32-20-12-8-13-21-32,33-22-14-9-15-23-33)34-24-16-10-17-25-34;1-29-27-35(37)30(28-34(29)36)19-11-6-4-2-3-5-7-18-26-38(31-20-12-8-13-21-31,32-22-14-9-15-23-32)33-24-16-10-17-25-33/h8-16,19-24,26-27H,2-7,17-18,25,28H2,1H3;2*8-10,12-17,20-25,27-28H,2-7,11,18-19,26H2,1H3/q3*+1. The minimum atomic E-state index is -1.71. The number of hydrogen-bond acceptors (Lipinski definition) is 6. The highest BCUT2D eigenvalue weighted by Gasteiger charge is 2.47. The lowest BCUT2D eigenvalue weighted by molar-refractivity contribution is -0.115. The maximum absolute atomic E-state index is 12.2. The zero-order valence-corrected chi connectivity index (χ0v) is 70.6. The van der Waals surface area contributed by atoms with Crippen LogP contribution in [0.4, 0.5) is 0 Å². The normalized spacial score (nSPS) is 13.8. The summed E-state index contributed by atoms with van der Waals surface area (Å²) in [5.74, 6) is 0.00107. The van der Waals surface area contributed by atoms with Crippen LogP contribution < -0.4 is 47.7 Å². The molecule has 0 saturated carbocycles. The van der Waals surface area contributed by atoms with Gasteiger partial charge in [0.25, 0.3) is 0 Å². The second-order valence-corrected chi connectivity index (χ2v) is 41.8. The summed E-state index contributed by atoms with van der Waals surface area (Å²) in [6.45, 7) is 5.22. The maximum atomic E-state index is 12.2. The molecule has 0 aromatic heterocycles. The molecule has 114 heavy (non-hydrogen) atoms. The Bertz CT molecular complexity index is 4390. The van der Waals surface area contributed by atoms with Crippen molar-refractivity contribution in [2.75, 3.05) is 18.5 Å². The Morgan fingerprint density at radius 2 is 0.456 bits per heavy atom. The number of rotatable bonds is 42. The number of hydrogen-bond donors (Lipinski definition) is 0. The van der Waals surface area contributed by atoms with Crippen LogP contribution in [0.15, 0.2) is 343 Å². The van der Waals surface area contributed by atoms with Crippen molar-refractivity contribution in [3.8, 4) is 0 Å². The number of benzene rings is 9. The highest BCUT2D eigenvalue weighted by Crippen LogP contribution is 2.58. The third kappa shape index (κ3) is 24.6. The van der Waals surface area contributed by atoms with Crippen molar-refractivity contribution in [1.82, 2.24) is 0 Å². The average molecular weight is 1570 g/mol. The molecular formula is C105H120O6P3+3. The van der Waals surface area contributed by atoms with Gasteiger partial charge in [-0.15, -0.1) is 0 Å². The summed E-state index contributed by atoms with van der Waals surface area (Å²) in [5, 5.41) is 13.2. The monoisotopic (exact) mass is 1570 g/mol. The summed E-state index contributed by atoms with van der Waals surface area (Å²) in [7, 11) is -5.14. The van der Waals surface area contributed by atoms with Gasteiger partial charge in [0.05, 0.1) is 18.5 Å². The Hall–Kier alpha value is -9.27. The molecule has 0 spiro atoms. The largest absolute Gasteiger partial charge is 0.290 e. The minimum Gasteiger partial charge on any atom is -0.290 e. The average Bonchev–Trinajstić information content (AvgIpc) is 0.769. The van der Waals surface area contributed by atoms with E-state index in [0.717, 1.165) is 63.4 Å². The summed E-state index contributed by atoms with van der Waals surface area (Å²) in [5.41, 5.74) is 3.86. The van der Waals surface area contributed by atoms with Crippen molar-refractivity contribution < 1.29 is 28.8 Å². The Labute approximate surface area is 684 Å². The van der Waals surface area contributed by atoms with Gasteiger partial charge in [-0.25, -0.2) is 0 Å². The van der Waals surface area contributed by atoms with Crippen LogP contribution in [0, 0.1) is 0 Å². The van der Waals surface area contributed by atoms with E-state index in [1.54, 1.807) is 26.8 Å². The first kappa shape index (κ1) is 87.1. The molecule has 0 aliphatic heterocycles. The van der Waals surface area contributed by atoms with Crippen molar-refractivity contribution in [1.29, 1.82) is 0 Å². The Kier molecular flexibility index (Phi) is 35.9. The van der Waals surface area contributed by atoms with Gasteiger partial charge in [-0.1, -0.05) is 260 Å². The molecule has 0 unspecified atom stereocenters. The van der Waals surface area contributed by atoms with E-state index in [9.17, 15) is 28.8 Å². The first-order valence-corrected chi connectivity index (χ1v) is 48.3. The molecule has 9 aromatic rings. The fourth-order valence-electron chi connectivity index (χ4n) is 16.7. The zero-order chi connectivity index (χ0) is 79.9. The lowest BCUT2D eigenvalue weighted by Gasteiger charge is -2.27. The SMILES string of the molecule is CC1=C(CCCCCCCCCC[P+](c2ccccc2)(c2ccccc2)c2ccccc2)C(=O)C=CC1=O.CC1=CC(=O)C(CCCCCCCCCC[P+](c2ccccc2)(c2ccccc2)c2ccccc2)=CC1=O.CC1=CC(=O)C=C(CCCCCCCCCC[P+](c2ccccc2)(c2ccccc2)c2ccccc2)C1=O. The van der Waals surface area contributed by atoms with E-state index in [1.165, 1.54) is 212 Å². The molecule has 3 aliphatic carbocycles. The molecule has 0 heterocycles. The predicted molar refractivity (Wildman–Crippen MR) is 490 cm³/mol. The van der Waals surface area contributed by atoms with Crippen molar-refractivity contribution in [2.45, 2.75) is 194 Å². The van der Waals surface area contributed by atoms with Gasteiger partial charge in [0.2, 0.25) is 0 Å². The van der Waals surface area contributed by atoms with Crippen molar-refractivity contribution in [2.24, 2.45) is 0 Å². The first-order valence-electron chi connectivity index (χ1n) is 42.4. The molecule has 0 N–H and O–H groups in total. The molecule has 3 aliphatic rings. The van der Waals surface area contributed by atoms with Crippen LogP contribution in [-0.4, -0.2) is 53.2 Å². The van der Waals surface area contributed by atoms with Gasteiger partial charge in [0.1, 0.15) is 69.5 Å². The Morgan fingerprint density at radius 1 is 0.211 bits per heavy atom. The zero-order valence-electron chi connectivity index (χ0n) is 67.9. The van der Waals surface area contributed by atoms with Crippen LogP contribution in [0.2, 0.25) is 0 Å². The number of unbranched alkanes of at least 4 members (excludes halogenated alkanes) is 21. The topological polar surface area (TPSA) is 102 Å². The van der Waals surface area contributed by atoms with Gasteiger partial charge in [0.15, 0.2) is 34.7 Å². The van der Waals surface area contributed by atoms with E-state index in [4.69, 9.17) is 0 Å². The summed E-state index contributed by atoms with van der Waals surface area (Å²) < 4.78 is 0. The van der Waals surface area contributed by atoms with E-state index >= 15 is 0 Å². The second kappa shape index (κ2) is 46.9. The smallest absolute Gasteiger partial charge is 0.184 e. The third-order valence-electron chi connectivity index (χ3n) is 23.0. The lowest BCUT2D eigenvalue weighted by Crippen LogP contribution is -2.33. The van der Waals surface area contributed by atoms with Crippen LogP contribution in [0.1, 0.15) is 194 Å². The van der Waals surface area contributed by atoms with Crippen LogP contribution in [0.25, 0.3) is 0 Å². The van der Waals surface area contributed by atoms with Crippen molar-refractivity contribution in [3.05, 3.63) is 343 Å². The highest BCUT2D eigenvalue weighted by atomic mass is 31.2. The number of carbonyl (C=O) groups is 6. The molecule has 6 nitrogen and oxygen atoms in total. The first-order chi connectivity index (χ1) is 55.8. The fourth-order valence-corrected chi connectivity index (χ4v) is 30.0. The third-order valence-corrected chi connectivity index (χ3v) is 36.6. The predicted octanol–water partition coefficient (Wildman–Crippen LogP) is 22.5. The molecule has 0 saturated heterocycles. The summed E-state index contributed by atoms with van der Waals surface area (Å²) in [6, 6.07) is 100. The van der Waals surface area contributed by atoms with Crippen LogP contribution in [0.5, 0.6) is 0 Å². The van der Waals surface area contributed by atoms with Crippen molar-refractivity contribution in [3.63, 3.8) is 0 Å². The number of carbonyl (C=O) groups excluding carboxylic acids is 6. The van der Waals surface area contributed by atoms with Gasteiger partial charge in [-0.05, 0) is 243 Å². The molecule has 12 rings (SSSR count). The van der Waals surface area contributed by atoms with E-state index in [0.29, 0.717) is 27.9 Å². The van der Waals surface area contributed by atoms with Gasteiger partial charge in [-0.3, -0.25) is 28.8 Å². The summed E-state index contributed by atoms with van der Waals surface area (Å²) in [6.07, 6.45) is 43.2. The minimum absolute atomic E-state index is 0.0159. The van der Waals surface area contributed by atoms with E-state index in [1.807, 2.05) is 0 Å².